The summed E-state index contributed by atoms with van der Waals surface area (Å²) in [6.45, 7) is 3.01. The van der Waals surface area contributed by atoms with Gasteiger partial charge in [0.1, 0.15) is 0 Å². The second kappa shape index (κ2) is 5.92. The number of ether oxygens (including phenoxy) is 1. The lowest BCUT2D eigenvalue weighted by Gasteiger charge is -2.25. The summed E-state index contributed by atoms with van der Waals surface area (Å²) in [6.07, 6.45) is 5.09. The highest BCUT2D eigenvalue weighted by Gasteiger charge is 2.31. The molecule has 0 bridgehead atoms. The molecular formula is C12H22N2OS. The minimum absolute atomic E-state index is 0.462. The van der Waals surface area contributed by atoms with Gasteiger partial charge in [0.2, 0.25) is 0 Å². The highest BCUT2D eigenvalue weighted by molar-refractivity contribution is 8.13. The zero-order valence-electron chi connectivity index (χ0n) is 10.2. The minimum atomic E-state index is 0.462. The van der Waals surface area contributed by atoms with Gasteiger partial charge >= 0.3 is 0 Å². The predicted octanol–water partition coefficient (Wildman–Crippen LogP) is 2.27. The molecule has 1 saturated carbocycles. The van der Waals surface area contributed by atoms with Gasteiger partial charge in [0.15, 0.2) is 5.17 Å². The van der Waals surface area contributed by atoms with Crippen LogP contribution in [0.2, 0.25) is 0 Å². The summed E-state index contributed by atoms with van der Waals surface area (Å²) in [6, 6.07) is 1.07. The van der Waals surface area contributed by atoms with Gasteiger partial charge in [-0.25, -0.2) is 0 Å². The summed E-state index contributed by atoms with van der Waals surface area (Å²) >= 11 is 1.90. The van der Waals surface area contributed by atoms with E-state index in [0.717, 1.165) is 24.1 Å². The maximum absolute atomic E-state index is 5.08. The topological polar surface area (TPSA) is 33.6 Å². The molecule has 1 heterocycles. The molecule has 0 aromatic rings. The fraction of sp³-hybridized carbons (Fsp3) is 0.917. The van der Waals surface area contributed by atoms with Gasteiger partial charge in [-0.3, -0.25) is 4.99 Å². The Labute approximate surface area is 102 Å². The lowest BCUT2D eigenvalue weighted by Crippen LogP contribution is -2.36. The lowest BCUT2D eigenvalue weighted by molar-refractivity contribution is 0.187. The summed E-state index contributed by atoms with van der Waals surface area (Å²) in [5.74, 6) is 2.11. The molecule has 1 N–H and O–H groups in total. The molecule has 0 aromatic carbocycles. The first-order valence-corrected chi connectivity index (χ1v) is 7.24. The van der Waals surface area contributed by atoms with Crippen LogP contribution in [0.15, 0.2) is 4.99 Å². The van der Waals surface area contributed by atoms with Gasteiger partial charge in [-0.2, -0.15) is 0 Å². The van der Waals surface area contributed by atoms with Crippen molar-refractivity contribution in [3.05, 3.63) is 0 Å². The molecule has 0 spiro atoms. The van der Waals surface area contributed by atoms with Crippen LogP contribution in [-0.4, -0.2) is 36.7 Å². The Morgan fingerprint density at radius 2 is 2.44 bits per heavy atom. The van der Waals surface area contributed by atoms with Crippen molar-refractivity contribution in [2.45, 2.75) is 44.7 Å². The van der Waals surface area contributed by atoms with Crippen molar-refractivity contribution in [2.24, 2.45) is 10.9 Å². The summed E-state index contributed by atoms with van der Waals surface area (Å²) in [5, 5.41) is 4.66. The number of methoxy groups -OCH3 is 1. The number of nitrogens with one attached hydrogen (secondary N) is 1. The quantitative estimate of drug-likeness (QED) is 0.821. The first-order chi connectivity index (χ1) is 7.79. The molecule has 3 atom stereocenters. The highest BCUT2D eigenvalue weighted by Crippen LogP contribution is 2.35. The van der Waals surface area contributed by atoms with Crippen molar-refractivity contribution in [1.29, 1.82) is 0 Å². The Morgan fingerprint density at radius 1 is 1.56 bits per heavy atom. The van der Waals surface area contributed by atoms with E-state index in [1.807, 2.05) is 11.8 Å². The number of hydrogen-bond acceptors (Lipinski definition) is 4. The molecule has 4 heteroatoms. The molecule has 2 aliphatic rings. The number of aliphatic imine (C=N–C) groups is 1. The monoisotopic (exact) mass is 242 g/mol. The Morgan fingerprint density at radius 3 is 3.25 bits per heavy atom. The molecule has 1 fully saturated rings. The largest absolute Gasteiger partial charge is 0.385 e. The number of fused-ring (bicyclic) bond motifs is 1. The average Bonchev–Trinajstić information content (AvgIpc) is 2.73. The van der Waals surface area contributed by atoms with E-state index < -0.39 is 0 Å². The molecule has 3 unspecified atom stereocenters. The van der Waals surface area contributed by atoms with Crippen LogP contribution < -0.4 is 5.32 Å². The Bertz CT molecular complexity index is 257. The van der Waals surface area contributed by atoms with Gasteiger partial charge in [0.05, 0.1) is 6.04 Å². The fourth-order valence-corrected chi connectivity index (χ4v) is 3.67. The van der Waals surface area contributed by atoms with E-state index in [0.29, 0.717) is 12.1 Å². The van der Waals surface area contributed by atoms with E-state index in [2.05, 4.69) is 12.2 Å². The Balaban J connectivity index is 1.81. The molecule has 1 aliphatic heterocycles. The molecule has 2 rings (SSSR count). The maximum Gasteiger partial charge on any atom is 0.157 e. The number of rotatable bonds is 4. The second-order valence-electron chi connectivity index (χ2n) is 4.83. The third-order valence-corrected chi connectivity index (χ3v) is 4.55. The van der Waals surface area contributed by atoms with Gasteiger partial charge in [-0.05, 0) is 32.1 Å². The van der Waals surface area contributed by atoms with Gasteiger partial charge in [0, 0.05) is 25.5 Å². The number of thioether (sulfide) groups is 1. The van der Waals surface area contributed by atoms with E-state index in [1.165, 1.54) is 25.0 Å². The van der Waals surface area contributed by atoms with E-state index in [9.17, 15) is 0 Å². The zero-order chi connectivity index (χ0) is 11.4. The molecule has 1 aliphatic carbocycles. The van der Waals surface area contributed by atoms with Crippen LogP contribution in [0.4, 0.5) is 0 Å². The summed E-state index contributed by atoms with van der Waals surface area (Å²) in [4.78, 5) is 4.82. The Hall–Kier alpha value is -0.220. The van der Waals surface area contributed by atoms with E-state index in [4.69, 9.17) is 9.73 Å². The third kappa shape index (κ3) is 3.14. The van der Waals surface area contributed by atoms with E-state index >= 15 is 0 Å². The number of amidine groups is 1. The van der Waals surface area contributed by atoms with Gasteiger partial charge in [0.25, 0.3) is 0 Å². The van der Waals surface area contributed by atoms with Crippen LogP contribution in [0.5, 0.6) is 0 Å². The molecule has 0 aromatic heterocycles. The second-order valence-corrected chi connectivity index (χ2v) is 5.84. The van der Waals surface area contributed by atoms with Gasteiger partial charge in [-0.1, -0.05) is 18.2 Å². The molecule has 0 radical (unpaired) electrons. The van der Waals surface area contributed by atoms with Crippen LogP contribution in [0.3, 0.4) is 0 Å². The van der Waals surface area contributed by atoms with Crippen molar-refractivity contribution in [2.75, 3.05) is 19.5 Å². The van der Waals surface area contributed by atoms with Crippen molar-refractivity contribution < 1.29 is 4.74 Å². The van der Waals surface area contributed by atoms with Crippen LogP contribution in [0.25, 0.3) is 0 Å². The van der Waals surface area contributed by atoms with Crippen LogP contribution >= 0.6 is 11.8 Å². The summed E-state index contributed by atoms with van der Waals surface area (Å²) in [7, 11) is 1.75. The van der Waals surface area contributed by atoms with Crippen molar-refractivity contribution in [1.82, 2.24) is 5.32 Å². The number of nitrogens with zero attached hydrogens (tertiary/aromatic N) is 1. The van der Waals surface area contributed by atoms with Gasteiger partial charge < -0.3 is 10.1 Å². The molecule has 3 nitrogen and oxygen atoms in total. The number of hydrogen-bond donors (Lipinski definition) is 1. The lowest BCUT2D eigenvalue weighted by atomic mass is 10.1. The van der Waals surface area contributed by atoms with Gasteiger partial charge in [-0.15, -0.1) is 0 Å². The minimum Gasteiger partial charge on any atom is -0.385 e. The van der Waals surface area contributed by atoms with E-state index in [-0.39, 0.29) is 0 Å². The van der Waals surface area contributed by atoms with Crippen molar-refractivity contribution in [3.63, 3.8) is 0 Å². The Kier molecular flexibility index (Phi) is 4.53. The third-order valence-electron chi connectivity index (χ3n) is 3.46. The first-order valence-electron chi connectivity index (χ1n) is 6.25. The molecule has 0 amide bonds. The summed E-state index contributed by atoms with van der Waals surface area (Å²) in [5.41, 5.74) is 0. The standard InChI is InChI=1S/C12H22N2OS/c1-9(6-7-15-2)13-12-14-11-5-3-4-10(11)8-16-12/h9-11H,3-8H2,1-2H3,(H,13,14). The molecule has 16 heavy (non-hydrogen) atoms. The predicted molar refractivity (Wildman–Crippen MR) is 70.1 cm³/mol. The fourth-order valence-electron chi connectivity index (χ4n) is 2.41. The molecular weight excluding hydrogens is 220 g/mol. The van der Waals surface area contributed by atoms with Crippen LogP contribution in [0.1, 0.15) is 32.6 Å². The summed E-state index contributed by atoms with van der Waals surface area (Å²) < 4.78 is 5.08. The normalized spacial score (nSPS) is 30.8. The smallest absolute Gasteiger partial charge is 0.157 e. The molecule has 0 saturated heterocycles. The maximum atomic E-state index is 5.08. The average molecular weight is 242 g/mol. The first kappa shape index (κ1) is 12.2. The van der Waals surface area contributed by atoms with Crippen molar-refractivity contribution >= 4 is 16.9 Å². The highest BCUT2D eigenvalue weighted by atomic mass is 32.2. The van der Waals surface area contributed by atoms with Crippen LogP contribution in [-0.2, 0) is 4.74 Å². The zero-order valence-corrected chi connectivity index (χ0v) is 11.1. The molecule has 92 valence electrons. The van der Waals surface area contributed by atoms with Crippen molar-refractivity contribution in [3.8, 4) is 0 Å². The van der Waals surface area contributed by atoms with E-state index in [1.54, 1.807) is 7.11 Å². The SMILES string of the molecule is COCCC(C)NC1=NC2CCCC2CS1. The van der Waals surface area contributed by atoms with Crippen LogP contribution in [0, 0.1) is 5.92 Å².